The van der Waals surface area contributed by atoms with Gasteiger partial charge in [-0.1, -0.05) is 17.6 Å². The Kier molecular flexibility index (Phi) is 3.55. The van der Waals surface area contributed by atoms with Crippen LogP contribution in [0.25, 0.3) is 0 Å². The molecule has 0 aromatic carbocycles. The van der Waals surface area contributed by atoms with Gasteiger partial charge in [-0.2, -0.15) is 0 Å². The molecule has 19 heavy (non-hydrogen) atoms. The first kappa shape index (κ1) is 12.7. The molecule has 3 rings (SSSR count). The van der Waals surface area contributed by atoms with Crippen molar-refractivity contribution in [2.45, 2.75) is 32.1 Å². The summed E-state index contributed by atoms with van der Waals surface area (Å²) in [6.45, 7) is 0. The van der Waals surface area contributed by atoms with Crippen LogP contribution in [0, 0.1) is 17.8 Å². The minimum Gasteiger partial charge on any atom is -0.380 e. The molecule has 3 atom stereocenters. The molecule has 1 heterocycles. The smallest absolute Gasteiger partial charge is 0.335 e. The van der Waals surface area contributed by atoms with Crippen LogP contribution in [-0.2, 0) is 9.63 Å². The molecular weight excluding hydrogens is 260 g/mol. The number of carbonyl (C=O) groups excluding carboxylic acids is 1. The van der Waals surface area contributed by atoms with Crippen LogP contribution < -0.4 is 5.73 Å². The van der Waals surface area contributed by atoms with Crippen LogP contribution in [0.15, 0.2) is 22.7 Å². The largest absolute Gasteiger partial charge is 0.380 e. The van der Waals surface area contributed by atoms with Gasteiger partial charge in [0, 0.05) is 0 Å². The molecule has 2 N–H and O–H groups in total. The van der Waals surface area contributed by atoms with Crippen LogP contribution in [0.3, 0.4) is 0 Å². The van der Waals surface area contributed by atoms with Crippen molar-refractivity contribution in [1.82, 2.24) is 0 Å². The molecule has 0 spiro atoms. The second-order valence-corrected chi connectivity index (χ2v) is 6.50. The predicted octanol–water partition coefficient (Wildman–Crippen LogP) is 2.74. The summed E-state index contributed by atoms with van der Waals surface area (Å²) in [5, 5.41) is 5.64. The van der Waals surface area contributed by atoms with Crippen LogP contribution in [0.2, 0.25) is 0 Å². The molecule has 5 heteroatoms. The summed E-state index contributed by atoms with van der Waals surface area (Å²) in [6.07, 6.45) is 5.60. The highest BCUT2D eigenvalue weighted by molar-refractivity contribution is 7.12. The zero-order chi connectivity index (χ0) is 13.2. The molecular formula is C14H18N2O2S. The second kappa shape index (κ2) is 5.33. The van der Waals surface area contributed by atoms with Crippen molar-refractivity contribution in [3.63, 3.8) is 0 Å². The average molecular weight is 278 g/mol. The van der Waals surface area contributed by atoms with Crippen LogP contribution >= 0.6 is 11.3 Å². The SMILES string of the molecule is N/C(=N/OC(=O)C[C@@H]1C[C@@H]2CC[C@@H]1C2)c1cccs1. The topological polar surface area (TPSA) is 64.7 Å². The number of hydrogen-bond donors (Lipinski definition) is 1. The van der Waals surface area contributed by atoms with Crippen molar-refractivity contribution in [2.24, 2.45) is 28.6 Å². The highest BCUT2D eigenvalue weighted by Crippen LogP contribution is 2.49. The Morgan fingerprint density at radius 3 is 3.00 bits per heavy atom. The van der Waals surface area contributed by atoms with Crippen molar-refractivity contribution in [2.75, 3.05) is 0 Å². The van der Waals surface area contributed by atoms with Crippen molar-refractivity contribution in [3.8, 4) is 0 Å². The van der Waals surface area contributed by atoms with Crippen molar-refractivity contribution < 1.29 is 9.63 Å². The molecule has 2 saturated carbocycles. The molecule has 102 valence electrons. The van der Waals surface area contributed by atoms with Crippen LogP contribution in [0.5, 0.6) is 0 Å². The number of thiophene rings is 1. The summed E-state index contributed by atoms with van der Waals surface area (Å²) in [5.41, 5.74) is 5.74. The van der Waals surface area contributed by atoms with E-state index in [1.165, 1.54) is 37.0 Å². The van der Waals surface area contributed by atoms with E-state index in [1.807, 2.05) is 17.5 Å². The maximum absolute atomic E-state index is 11.8. The molecule has 0 radical (unpaired) electrons. The van der Waals surface area contributed by atoms with Crippen LogP contribution in [0.4, 0.5) is 0 Å². The average Bonchev–Trinajstić information content (AvgIpc) is 3.12. The molecule has 0 unspecified atom stereocenters. The van der Waals surface area contributed by atoms with Gasteiger partial charge in [-0.15, -0.1) is 11.3 Å². The normalized spacial score (nSPS) is 29.7. The molecule has 1 aromatic heterocycles. The molecule has 0 amide bonds. The lowest BCUT2D eigenvalue weighted by molar-refractivity contribution is -0.145. The third-order valence-corrected chi connectivity index (χ3v) is 5.23. The fourth-order valence-corrected chi connectivity index (χ4v) is 4.07. The number of fused-ring (bicyclic) bond motifs is 2. The minimum absolute atomic E-state index is 0.253. The first-order chi connectivity index (χ1) is 9.22. The lowest BCUT2D eigenvalue weighted by atomic mass is 9.86. The van der Waals surface area contributed by atoms with E-state index in [0.29, 0.717) is 12.3 Å². The molecule has 0 aliphatic heterocycles. The lowest BCUT2D eigenvalue weighted by Gasteiger charge is -2.19. The summed E-state index contributed by atoms with van der Waals surface area (Å²) < 4.78 is 0. The Hall–Kier alpha value is -1.36. The van der Waals surface area contributed by atoms with E-state index in [0.717, 1.165) is 16.7 Å². The van der Waals surface area contributed by atoms with Gasteiger partial charge in [-0.25, -0.2) is 4.79 Å². The fourth-order valence-electron chi connectivity index (χ4n) is 3.45. The zero-order valence-corrected chi connectivity index (χ0v) is 11.6. The molecule has 2 aliphatic carbocycles. The van der Waals surface area contributed by atoms with E-state index in [2.05, 4.69) is 5.16 Å². The van der Waals surface area contributed by atoms with Crippen molar-refractivity contribution in [1.29, 1.82) is 0 Å². The third kappa shape index (κ3) is 2.81. The van der Waals surface area contributed by atoms with Gasteiger partial charge in [0.1, 0.15) is 0 Å². The van der Waals surface area contributed by atoms with Gasteiger partial charge in [0.05, 0.1) is 11.3 Å². The van der Waals surface area contributed by atoms with E-state index in [4.69, 9.17) is 10.6 Å². The Bertz CT molecular complexity index is 484. The van der Waals surface area contributed by atoms with Crippen LogP contribution in [-0.4, -0.2) is 11.8 Å². The molecule has 0 saturated heterocycles. The van der Waals surface area contributed by atoms with Gasteiger partial charge < -0.3 is 10.6 Å². The number of hydrogen-bond acceptors (Lipinski definition) is 4. The van der Waals surface area contributed by atoms with E-state index in [9.17, 15) is 4.79 Å². The lowest BCUT2D eigenvalue weighted by Crippen LogP contribution is -2.18. The van der Waals surface area contributed by atoms with E-state index in [-0.39, 0.29) is 11.8 Å². The first-order valence-electron chi connectivity index (χ1n) is 6.79. The summed E-state index contributed by atoms with van der Waals surface area (Å²) in [4.78, 5) is 17.5. The maximum Gasteiger partial charge on any atom is 0.335 e. The Balaban J connectivity index is 1.50. The number of nitrogens with zero attached hydrogens (tertiary/aromatic N) is 1. The maximum atomic E-state index is 11.8. The van der Waals surface area contributed by atoms with Gasteiger partial charge in [-0.3, -0.25) is 0 Å². The Morgan fingerprint density at radius 2 is 2.37 bits per heavy atom. The highest BCUT2D eigenvalue weighted by Gasteiger charge is 2.40. The predicted molar refractivity (Wildman–Crippen MR) is 74.7 cm³/mol. The summed E-state index contributed by atoms with van der Waals surface area (Å²) >= 11 is 1.48. The van der Waals surface area contributed by atoms with E-state index >= 15 is 0 Å². The van der Waals surface area contributed by atoms with E-state index < -0.39 is 0 Å². The number of carbonyl (C=O) groups is 1. The zero-order valence-electron chi connectivity index (χ0n) is 10.7. The van der Waals surface area contributed by atoms with E-state index in [1.54, 1.807) is 0 Å². The molecule has 1 aromatic rings. The van der Waals surface area contributed by atoms with Gasteiger partial charge in [0.25, 0.3) is 0 Å². The Morgan fingerprint density at radius 1 is 1.47 bits per heavy atom. The van der Waals surface area contributed by atoms with Gasteiger partial charge in [-0.05, 0) is 48.5 Å². The standard InChI is InChI=1S/C14H18N2O2S/c15-14(12-2-1-5-19-12)16-18-13(17)8-11-7-9-3-4-10(11)6-9/h1-2,5,9-11H,3-4,6-8H2,(H2,15,16)/t9-,10-,11+/m1/s1. The number of amidine groups is 1. The highest BCUT2D eigenvalue weighted by atomic mass is 32.1. The van der Waals surface area contributed by atoms with Gasteiger partial charge in [0.15, 0.2) is 5.84 Å². The monoisotopic (exact) mass is 278 g/mol. The second-order valence-electron chi connectivity index (χ2n) is 5.56. The quantitative estimate of drug-likeness (QED) is 0.398. The summed E-state index contributed by atoms with van der Waals surface area (Å²) in [7, 11) is 0. The van der Waals surface area contributed by atoms with Gasteiger partial charge in [0.2, 0.25) is 0 Å². The summed E-state index contributed by atoms with van der Waals surface area (Å²) in [5.74, 6) is 2.11. The van der Waals surface area contributed by atoms with Crippen molar-refractivity contribution >= 4 is 23.1 Å². The summed E-state index contributed by atoms with van der Waals surface area (Å²) in [6, 6.07) is 3.74. The number of rotatable bonds is 4. The first-order valence-corrected chi connectivity index (χ1v) is 7.67. The molecule has 4 nitrogen and oxygen atoms in total. The van der Waals surface area contributed by atoms with Crippen molar-refractivity contribution in [3.05, 3.63) is 22.4 Å². The molecule has 2 bridgehead atoms. The van der Waals surface area contributed by atoms with Crippen LogP contribution in [0.1, 0.15) is 37.0 Å². The number of nitrogens with two attached hydrogens (primary N) is 1. The fraction of sp³-hybridized carbons (Fsp3) is 0.571. The number of oxime groups is 1. The third-order valence-electron chi connectivity index (χ3n) is 4.33. The molecule has 2 fully saturated rings. The van der Waals surface area contributed by atoms with Gasteiger partial charge >= 0.3 is 5.97 Å². The Labute approximate surface area is 116 Å². The minimum atomic E-state index is -0.253. The molecule has 2 aliphatic rings.